The lowest BCUT2D eigenvalue weighted by Crippen LogP contribution is -2.43. The van der Waals surface area contributed by atoms with Crippen LogP contribution in [0.15, 0.2) is 48.5 Å². The van der Waals surface area contributed by atoms with E-state index in [-0.39, 0.29) is 5.82 Å². The number of rotatable bonds is 6. The fourth-order valence-electron chi connectivity index (χ4n) is 2.98. The molecule has 128 valence electrons. The van der Waals surface area contributed by atoms with Gasteiger partial charge in [-0.1, -0.05) is 19.1 Å². The first kappa shape index (κ1) is 16.9. The molecule has 1 aliphatic rings. The molecular weight excluding hydrogens is 303 g/mol. The van der Waals surface area contributed by atoms with E-state index in [0.29, 0.717) is 11.7 Å². The number of halogens is 1. The van der Waals surface area contributed by atoms with Crippen LogP contribution in [-0.2, 0) is 0 Å². The van der Waals surface area contributed by atoms with Gasteiger partial charge in [-0.15, -0.1) is 0 Å². The number of benzene rings is 2. The van der Waals surface area contributed by atoms with Gasteiger partial charge in [-0.3, -0.25) is 0 Å². The van der Waals surface area contributed by atoms with Crippen molar-refractivity contribution < 1.29 is 9.13 Å². The van der Waals surface area contributed by atoms with Crippen LogP contribution in [0.2, 0.25) is 0 Å². The predicted molar refractivity (Wildman–Crippen MR) is 95.3 cm³/mol. The van der Waals surface area contributed by atoms with Crippen LogP contribution in [0.25, 0.3) is 0 Å². The summed E-state index contributed by atoms with van der Waals surface area (Å²) in [6.07, 6.45) is 1.16. The van der Waals surface area contributed by atoms with Gasteiger partial charge in [-0.2, -0.15) is 0 Å². The highest BCUT2D eigenvalue weighted by Crippen LogP contribution is 2.25. The highest BCUT2D eigenvalue weighted by Gasteiger charge is 2.12. The van der Waals surface area contributed by atoms with Crippen molar-refractivity contribution in [2.45, 2.75) is 19.3 Å². The molecule has 0 radical (unpaired) electrons. The van der Waals surface area contributed by atoms with Crippen molar-refractivity contribution in [2.75, 3.05) is 32.7 Å². The molecule has 0 aliphatic carbocycles. The minimum atomic E-state index is -0.254. The molecule has 1 N–H and O–H groups in total. The van der Waals surface area contributed by atoms with Gasteiger partial charge < -0.3 is 15.0 Å². The Bertz CT molecular complexity index is 621. The molecule has 1 atom stereocenters. The van der Waals surface area contributed by atoms with Gasteiger partial charge in [0, 0.05) is 26.2 Å². The molecule has 3 nitrogen and oxygen atoms in total. The van der Waals surface area contributed by atoms with E-state index in [0.717, 1.165) is 44.9 Å². The van der Waals surface area contributed by atoms with Crippen molar-refractivity contribution in [2.24, 2.45) is 0 Å². The molecule has 2 aromatic rings. The lowest BCUT2D eigenvalue weighted by atomic mass is 9.97. The molecular formula is C20H25FN2O. The zero-order chi connectivity index (χ0) is 16.8. The zero-order valence-corrected chi connectivity index (χ0v) is 14.2. The van der Waals surface area contributed by atoms with Crippen molar-refractivity contribution in [3.05, 3.63) is 59.9 Å². The van der Waals surface area contributed by atoms with Crippen LogP contribution in [0.3, 0.4) is 0 Å². The Morgan fingerprint density at radius 1 is 1.00 bits per heavy atom. The summed E-state index contributed by atoms with van der Waals surface area (Å²) in [6, 6.07) is 14.3. The van der Waals surface area contributed by atoms with E-state index in [1.807, 2.05) is 12.1 Å². The SMILES string of the molecule is CC(CCN1CCNCC1)c1ccc(Oc2ccc(F)cc2)cc1. The summed E-state index contributed by atoms with van der Waals surface area (Å²) < 4.78 is 18.7. The smallest absolute Gasteiger partial charge is 0.127 e. The lowest BCUT2D eigenvalue weighted by Gasteiger charge is -2.28. The maximum absolute atomic E-state index is 12.9. The van der Waals surface area contributed by atoms with Gasteiger partial charge in [-0.05, 0) is 60.8 Å². The van der Waals surface area contributed by atoms with E-state index in [9.17, 15) is 4.39 Å². The third kappa shape index (κ3) is 4.79. The highest BCUT2D eigenvalue weighted by molar-refractivity contribution is 5.34. The van der Waals surface area contributed by atoms with Crippen molar-refractivity contribution in [1.29, 1.82) is 0 Å². The number of ether oxygens (including phenoxy) is 1. The first-order chi connectivity index (χ1) is 11.7. The first-order valence-electron chi connectivity index (χ1n) is 8.67. The molecule has 4 heteroatoms. The quantitative estimate of drug-likeness (QED) is 0.867. The number of nitrogens with one attached hydrogen (secondary N) is 1. The van der Waals surface area contributed by atoms with Crippen molar-refractivity contribution in [3.8, 4) is 11.5 Å². The van der Waals surface area contributed by atoms with Crippen LogP contribution in [0.4, 0.5) is 4.39 Å². The molecule has 0 saturated carbocycles. The van der Waals surface area contributed by atoms with Gasteiger partial charge in [0.15, 0.2) is 0 Å². The Labute approximate surface area is 143 Å². The molecule has 1 fully saturated rings. The van der Waals surface area contributed by atoms with Gasteiger partial charge >= 0.3 is 0 Å². The molecule has 1 saturated heterocycles. The molecule has 0 spiro atoms. The summed E-state index contributed by atoms with van der Waals surface area (Å²) in [5, 5.41) is 3.39. The van der Waals surface area contributed by atoms with Crippen LogP contribution in [0, 0.1) is 5.82 Å². The minimum Gasteiger partial charge on any atom is -0.457 e. The lowest BCUT2D eigenvalue weighted by molar-refractivity contribution is 0.234. The minimum absolute atomic E-state index is 0.254. The third-order valence-corrected chi connectivity index (χ3v) is 4.59. The standard InChI is InChI=1S/C20H25FN2O/c1-16(10-13-23-14-11-22-12-15-23)17-2-6-19(7-3-17)24-20-8-4-18(21)5-9-20/h2-9,16,22H,10-15H2,1H3. The topological polar surface area (TPSA) is 24.5 Å². The van der Waals surface area contributed by atoms with Gasteiger partial charge in [0.1, 0.15) is 17.3 Å². The number of hydrogen-bond donors (Lipinski definition) is 1. The normalized spacial score (nSPS) is 16.8. The van der Waals surface area contributed by atoms with Crippen molar-refractivity contribution in [1.82, 2.24) is 10.2 Å². The summed E-state index contributed by atoms with van der Waals surface area (Å²) in [5.74, 6) is 1.70. The van der Waals surface area contributed by atoms with Crippen LogP contribution in [0.5, 0.6) is 11.5 Å². The Morgan fingerprint density at radius 3 is 2.21 bits per heavy atom. The summed E-state index contributed by atoms with van der Waals surface area (Å²) in [4.78, 5) is 2.53. The monoisotopic (exact) mass is 328 g/mol. The molecule has 1 heterocycles. The maximum atomic E-state index is 12.9. The average Bonchev–Trinajstić information content (AvgIpc) is 2.63. The second kappa shape index (κ2) is 8.27. The second-order valence-electron chi connectivity index (χ2n) is 6.41. The van der Waals surface area contributed by atoms with Gasteiger partial charge in [0.25, 0.3) is 0 Å². The summed E-state index contributed by atoms with van der Waals surface area (Å²) in [5.41, 5.74) is 1.33. The Kier molecular flexibility index (Phi) is 5.83. The van der Waals surface area contributed by atoms with E-state index in [1.54, 1.807) is 12.1 Å². The summed E-state index contributed by atoms with van der Waals surface area (Å²) >= 11 is 0. The third-order valence-electron chi connectivity index (χ3n) is 4.59. The summed E-state index contributed by atoms with van der Waals surface area (Å²) in [6.45, 7) is 7.93. The maximum Gasteiger partial charge on any atom is 0.127 e. The average molecular weight is 328 g/mol. The fraction of sp³-hybridized carbons (Fsp3) is 0.400. The number of hydrogen-bond acceptors (Lipinski definition) is 3. The van der Waals surface area contributed by atoms with E-state index >= 15 is 0 Å². The highest BCUT2D eigenvalue weighted by atomic mass is 19.1. The van der Waals surface area contributed by atoms with Crippen LogP contribution in [-0.4, -0.2) is 37.6 Å². The molecule has 1 aliphatic heterocycles. The Morgan fingerprint density at radius 2 is 1.58 bits per heavy atom. The molecule has 1 unspecified atom stereocenters. The number of piperazine rings is 1. The molecule has 24 heavy (non-hydrogen) atoms. The fourth-order valence-corrected chi connectivity index (χ4v) is 2.98. The first-order valence-corrected chi connectivity index (χ1v) is 8.67. The Hall–Kier alpha value is -1.91. The van der Waals surface area contributed by atoms with Gasteiger partial charge in [-0.25, -0.2) is 4.39 Å². The molecule has 0 amide bonds. The van der Waals surface area contributed by atoms with Crippen LogP contribution >= 0.6 is 0 Å². The van der Waals surface area contributed by atoms with E-state index in [4.69, 9.17) is 4.74 Å². The van der Waals surface area contributed by atoms with Gasteiger partial charge in [0.2, 0.25) is 0 Å². The zero-order valence-electron chi connectivity index (χ0n) is 14.2. The van der Waals surface area contributed by atoms with Crippen LogP contribution in [0.1, 0.15) is 24.8 Å². The molecule has 0 aromatic heterocycles. The van der Waals surface area contributed by atoms with Gasteiger partial charge in [0.05, 0.1) is 0 Å². The largest absolute Gasteiger partial charge is 0.457 e. The summed E-state index contributed by atoms with van der Waals surface area (Å²) in [7, 11) is 0. The van der Waals surface area contributed by atoms with Crippen molar-refractivity contribution in [3.63, 3.8) is 0 Å². The Balaban J connectivity index is 1.52. The van der Waals surface area contributed by atoms with E-state index < -0.39 is 0 Å². The van der Waals surface area contributed by atoms with E-state index in [2.05, 4.69) is 29.3 Å². The molecule has 3 rings (SSSR count). The van der Waals surface area contributed by atoms with Crippen molar-refractivity contribution >= 4 is 0 Å². The number of nitrogens with zero attached hydrogens (tertiary/aromatic N) is 1. The van der Waals surface area contributed by atoms with Crippen LogP contribution < -0.4 is 10.1 Å². The van der Waals surface area contributed by atoms with E-state index in [1.165, 1.54) is 17.7 Å². The molecule has 0 bridgehead atoms. The predicted octanol–water partition coefficient (Wildman–Crippen LogP) is 4.02. The molecule has 2 aromatic carbocycles. The second-order valence-corrected chi connectivity index (χ2v) is 6.41.